The molecule has 5 rings (SSSR count). The highest BCUT2D eigenvalue weighted by Gasteiger charge is 2.36. The smallest absolute Gasteiger partial charge is 0.250 e. The predicted molar refractivity (Wildman–Crippen MR) is 180 cm³/mol. The summed E-state index contributed by atoms with van der Waals surface area (Å²) < 4.78 is 12.3. The molecule has 1 saturated heterocycles. The third-order valence-electron chi connectivity index (χ3n) is 8.59. The summed E-state index contributed by atoms with van der Waals surface area (Å²) in [6.45, 7) is 13.2. The van der Waals surface area contributed by atoms with E-state index < -0.39 is 6.10 Å². The Morgan fingerprint density at radius 3 is 2.39 bits per heavy atom. The zero-order valence-electron chi connectivity index (χ0n) is 27.3. The average Bonchev–Trinajstić information content (AvgIpc) is 3.04. The van der Waals surface area contributed by atoms with Gasteiger partial charge < -0.3 is 20.1 Å². The largest absolute Gasteiger partial charge is 0.487 e. The first kappa shape index (κ1) is 33.7. The first-order valence-electron chi connectivity index (χ1n) is 16.6. The van der Waals surface area contributed by atoms with Crippen LogP contribution in [0.25, 0.3) is 0 Å². The number of benzene rings is 3. The van der Waals surface area contributed by atoms with Crippen LogP contribution >= 0.6 is 0 Å². The lowest BCUT2D eigenvalue weighted by molar-refractivity contribution is -0.138. The Hall–Kier alpha value is -3.19. The number of nitrogens with zero attached hydrogens (tertiary/aromatic N) is 1. The van der Waals surface area contributed by atoms with Crippen molar-refractivity contribution in [1.82, 2.24) is 15.5 Å². The SMILES string of the molecule is CCCCC1(C)CC(NCCCNC(=O)C2CN(Cc3ccccc3)CCO2)c2cc(CC)ccc2O1.Cc1ccccc1. The van der Waals surface area contributed by atoms with Crippen LogP contribution in [0.15, 0.2) is 78.9 Å². The van der Waals surface area contributed by atoms with Gasteiger partial charge in [0, 0.05) is 44.2 Å². The van der Waals surface area contributed by atoms with Crippen molar-refractivity contribution in [2.45, 2.75) is 90.5 Å². The molecule has 2 aliphatic heterocycles. The van der Waals surface area contributed by atoms with Gasteiger partial charge in [0.2, 0.25) is 5.91 Å². The number of nitrogens with one attached hydrogen (secondary N) is 2. The first-order valence-corrected chi connectivity index (χ1v) is 16.6. The maximum atomic E-state index is 12.8. The monoisotopic (exact) mass is 599 g/mol. The minimum absolute atomic E-state index is 0.00565. The van der Waals surface area contributed by atoms with Crippen LogP contribution < -0.4 is 15.4 Å². The van der Waals surface area contributed by atoms with Crippen molar-refractivity contribution in [3.63, 3.8) is 0 Å². The fraction of sp³-hybridized carbons (Fsp3) is 0.500. The molecule has 0 aromatic heterocycles. The molecular weight excluding hydrogens is 546 g/mol. The third kappa shape index (κ3) is 10.5. The summed E-state index contributed by atoms with van der Waals surface area (Å²) in [4.78, 5) is 15.1. The first-order chi connectivity index (χ1) is 21.4. The number of aryl methyl sites for hydroxylation is 2. The van der Waals surface area contributed by atoms with Crippen molar-refractivity contribution in [1.29, 1.82) is 0 Å². The molecule has 6 heteroatoms. The number of ether oxygens (including phenoxy) is 2. The maximum Gasteiger partial charge on any atom is 0.250 e. The summed E-state index contributed by atoms with van der Waals surface area (Å²) in [5.74, 6) is 1.01. The number of carbonyl (C=O) groups is 1. The van der Waals surface area contributed by atoms with Gasteiger partial charge in [0.1, 0.15) is 17.5 Å². The van der Waals surface area contributed by atoms with E-state index in [1.165, 1.54) is 35.1 Å². The van der Waals surface area contributed by atoms with E-state index in [2.05, 4.69) is 97.8 Å². The fourth-order valence-electron chi connectivity index (χ4n) is 5.99. The topological polar surface area (TPSA) is 62.8 Å². The fourth-order valence-corrected chi connectivity index (χ4v) is 5.99. The summed E-state index contributed by atoms with van der Waals surface area (Å²) in [5, 5.41) is 6.88. The highest BCUT2D eigenvalue weighted by atomic mass is 16.5. The van der Waals surface area contributed by atoms with Crippen LogP contribution in [0.3, 0.4) is 0 Å². The van der Waals surface area contributed by atoms with Gasteiger partial charge in [-0.3, -0.25) is 9.69 Å². The van der Waals surface area contributed by atoms with Crippen molar-refractivity contribution in [2.75, 3.05) is 32.8 Å². The summed E-state index contributed by atoms with van der Waals surface area (Å²) in [5.41, 5.74) is 5.05. The van der Waals surface area contributed by atoms with Crippen molar-refractivity contribution in [2.24, 2.45) is 0 Å². The number of amides is 1. The zero-order chi connectivity index (χ0) is 31.2. The maximum absolute atomic E-state index is 12.8. The normalized spacial score (nSPS) is 21.4. The zero-order valence-corrected chi connectivity index (χ0v) is 27.3. The Bertz CT molecular complexity index is 1270. The third-order valence-corrected chi connectivity index (χ3v) is 8.59. The van der Waals surface area contributed by atoms with Gasteiger partial charge in [0.05, 0.1) is 6.61 Å². The van der Waals surface area contributed by atoms with Gasteiger partial charge in [0.25, 0.3) is 0 Å². The number of unbranched alkanes of at least 4 members (excludes halogenated alkanes) is 1. The van der Waals surface area contributed by atoms with Crippen LogP contribution in [0.4, 0.5) is 0 Å². The molecule has 44 heavy (non-hydrogen) atoms. The van der Waals surface area contributed by atoms with E-state index in [4.69, 9.17) is 9.47 Å². The Labute approximate surface area is 265 Å². The molecule has 3 unspecified atom stereocenters. The lowest BCUT2D eigenvalue weighted by atomic mass is 9.84. The second kappa shape index (κ2) is 17.3. The Balaban J connectivity index is 0.000000555. The van der Waals surface area contributed by atoms with Gasteiger partial charge >= 0.3 is 0 Å². The highest BCUT2D eigenvalue weighted by Crippen LogP contribution is 2.42. The van der Waals surface area contributed by atoms with Gasteiger partial charge in [-0.05, 0) is 63.3 Å². The standard InChI is InChI=1S/C31H45N3O3.C7H8/c1-4-6-15-31(3)21-27(26-20-24(5-2)13-14-28(26)37-31)32-16-10-17-33-30(35)29-23-34(18-19-36-29)22-25-11-8-7-9-12-25;1-7-5-3-2-4-6-7/h7-9,11-14,20,27,29,32H,4-6,10,15-19,21-23H2,1-3H3,(H,33,35);2-6H,1H3. The molecule has 0 saturated carbocycles. The van der Waals surface area contributed by atoms with Gasteiger partial charge in [-0.1, -0.05) is 98.6 Å². The van der Waals surface area contributed by atoms with Crippen LogP contribution in [-0.4, -0.2) is 55.3 Å². The summed E-state index contributed by atoms with van der Waals surface area (Å²) >= 11 is 0. The summed E-state index contributed by atoms with van der Waals surface area (Å²) in [6, 6.07) is 27.6. The quantitative estimate of drug-likeness (QED) is 0.219. The Morgan fingerprint density at radius 2 is 1.70 bits per heavy atom. The van der Waals surface area contributed by atoms with Crippen LogP contribution in [0, 0.1) is 6.92 Å². The molecule has 2 aliphatic rings. The number of rotatable bonds is 12. The van der Waals surface area contributed by atoms with Gasteiger partial charge in [0.15, 0.2) is 0 Å². The molecule has 1 fully saturated rings. The van der Waals surface area contributed by atoms with Crippen LogP contribution in [0.5, 0.6) is 5.75 Å². The summed E-state index contributed by atoms with van der Waals surface area (Å²) in [6.07, 6.45) is 5.86. The molecule has 6 nitrogen and oxygen atoms in total. The Morgan fingerprint density at radius 1 is 0.955 bits per heavy atom. The highest BCUT2D eigenvalue weighted by molar-refractivity contribution is 5.81. The molecule has 2 heterocycles. The van der Waals surface area contributed by atoms with Gasteiger partial charge in [-0.2, -0.15) is 0 Å². The van der Waals surface area contributed by atoms with Gasteiger partial charge in [-0.15, -0.1) is 0 Å². The lowest BCUT2D eigenvalue weighted by Crippen LogP contribution is -2.49. The molecular formula is C38H53N3O3. The molecule has 2 N–H and O–H groups in total. The van der Waals surface area contributed by atoms with E-state index in [-0.39, 0.29) is 17.6 Å². The molecule has 0 bridgehead atoms. The number of morpholine rings is 1. The molecule has 3 aromatic rings. The predicted octanol–water partition coefficient (Wildman–Crippen LogP) is 7.01. The van der Waals surface area contributed by atoms with Crippen molar-refractivity contribution in [3.8, 4) is 5.75 Å². The molecule has 3 atom stereocenters. The molecule has 0 spiro atoms. The molecule has 0 aliphatic carbocycles. The second-order valence-corrected chi connectivity index (χ2v) is 12.5. The van der Waals surface area contributed by atoms with E-state index in [1.54, 1.807) is 0 Å². The van der Waals surface area contributed by atoms with Crippen LogP contribution in [0.1, 0.15) is 81.2 Å². The molecule has 3 aromatic carbocycles. The molecule has 0 radical (unpaired) electrons. The van der Waals surface area contributed by atoms with Gasteiger partial charge in [-0.25, -0.2) is 0 Å². The number of fused-ring (bicyclic) bond motifs is 1. The van der Waals surface area contributed by atoms with E-state index in [9.17, 15) is 4.79 Å². The van der Waals surface area contributed by atoms with Crippen molar-refractivity contribution >= 4 is 5.91 Å². The lowest BCUT2D eigenvalue weighted by Gasteiger charge is -2.41. The minimum Gasteiger partial charge on any atom is -0.487 e. The second-order valence-electron chi connectivity index (χ2n) is 12.5. The minimum atomic E-state index is -0.403. The van der Waals surface area contributed by atoms with E-state index in [0.717, 1.165) is 51.1 Å². The van der Waals surface area contributed by atoms with Crippen LogP contribution in [-0.2, 0) is 22.5 Å². The van der Waals surface area contributed by atoms with Crippen LogP contribution in [0.2, 0.25) is 0 Å². The number of carbonyl (C=O) groups excluding carboxylic acids is 1. The number of hydrogen-bond donors (Lipinski definition) is 2. The Kier molecular flexibility index (Phi) is 13.3. The average molecular weight is 600 g/mol. The number of hydrogen-bond acceptors (Lipinski definition) is 5. The molecule has 238 valence electrons. The van der Waals surface area contributed by atoms with E-state index >= 15 is 0 Å². The van der Waals surface area contributed by atoms with E-state index in [1.807, 2.05) is 24.3 Å². The van der Waals surface area contributed by atoms with Crippen molar-refractivity contribution in [3.05, 3.63) is 101 Å². The molecule has 1 amide bonds. The van der Waals surface area contributed by atoms with E-state index in [0.29, 0.717) is 19.7 Å². The van der Waals surface area contributed by atoms with Crippen molar-refractivity contribution < 1.29 is 14.3 Å². The summed E-state index contributed by atoms with van der Waals surface area (Å²) in [7, 11) is 0.